The first-order valence-corrected chi connectivity index (χ1v) is 9.78. The Labute approximate surface area is 140 Å². The highest BCUT2D eigenvalue weighted by Crippen LogP contribution is 2.52. The number of hydrogen-bond acceptors (Lipinski definition) is 2. The molecule has 21 heavy (non-hydrogen) atoms. The molecular weight excluding hydrogens is 342 g/mol. The molecule has 0 aliphatic heterocycles. The summed E-state index contributed by atoms with van der Waals surface area (Å²) in [5, 5.41) is 7.64. The minimum Gasteiger partial charge on any atom is -0.310 e. The number of rotatable bonds is 5. The maximum Gasteiger partial charge on any atom is 0.0488 e. The largest absolute Gasteiger partial charge is 0.310 e. The molecule has 0 amide bonds. The van der Waals surface area contributed by atoms with E-state index >= 15 is 0 Å². The van der Waals surface area contributed by atoms with Gasteiger partial charge in [0, 0.05) is 15.2 Å². The van der Waals surface area contributed by atoms with Gasteiger partial charge >= 0.3 is 0 Å². The highest BCUT2D eigenvalue weighted by atomic mass is 79.9. The first-order valence-electron chi connectivity index (χ1n) is 8.11. The second-order valence-electron chi connectivity index (χ2n) is 6.22. The van der Waals surface area contributed by atoms with Gasteiger partial charge in [-0.3, -0.25) is 0 Å². The van der Waals surface area contributed by atoms with Gasteiger partial charge in [0.1, 0.15) is 0 Å². The molecule has 1 aliphatic carbocycles. The third kappa shape index (κ3) is 2.69. The molecule has 0 saturated heterocycles. The van der Waals surface area contributed by atoms with Gasteiger partial charge in [-0.05, 0) is 69.5 Å². The van der Waals surface area contributed by atoms with Crippen molar-refractivity contribution in [2.75, 3.05) is 6.54 Å². The third-order valence-electron chi connectivity index (χ3n) is 5.22. The van der Waals surface area contributed by atoms with Crippen molar-refractivity contribution < 1.29 is 0 Å². The molecule has 1 aromatic carbocycles. The normalized spacial score (nSPS) is 19.2. The van der Waals surface area contributed by atoms with Gasteiger partial charge in [-0.15, -0.1) is 11.3 Å². The molecule has 1 saturated carbocycles. The Hall–Kier alpha value is -0.380. The van der Waals surface area contributed by atoms with E-state index in [0.29, 0.717) is 11.5 Å². The summed E-state index contributed by atoms with van der Waals surface area (Å²) in [5.74, 6) is 0. The van der Waals surface area contributed by atoms with Gasteiger partial charge in [0.05, 0.1) is 0 Å². The predicted octanol–water partition coefficient (Wildman–Crippen LogP) is 6.28. The lowest BCUT2D eigenvalue weighted by Gasteiger charge is -2.37. The molecule has 1 nitrogen and oxygen atoms in total. The van der Waals surface area contributed by atoms with E-state index in [1.165, 1.54) is 52.2 Å². The summed E-state index contributed by atoms with van der Waals surface area (Å²) in [7, 11) is 0. The Morgan fingerprint density at radius 3 is 2.71 bits per heavy atom. The van der Waals surface area contributed by atoms with E-state index in [2.05, 4.69) is 58.7 Å². The molecule has 1 N–H and O–H groups in total. The van der Waals surface area contributed by atoms with Crippen LogP contribution in [0.4, 0.5) is 0 Å². The van der Waals surface area contributed by atoms with Crippen LogP contribution in [0.5, 0.6) is 0 Å². The molecule has 1 fully saturated rings. The van der Waals surface area contributed by atoms with Gasteiger partial charge < -0.3 is 5.32 Å². The molecule has 3 heteroatoms. The minimum absolute atomic E-state index is 0.451. The average Bonchev–Trinajstić information content (AvgIpc) is 3.13. The molecule has 1 aliphatic rings. The molecule has 2 aromatic rings. The van der Waals surface area contributed by atoms with Crippen LogP contribution < -0.4 is 5.32 Å². The smallest absolute Gasteiger partial charge is 0.0488 e. The number of nitrogens with one attached hydrogen (secondary N) is 1. The number of fused-ring (bicyclic) bond motifs is 1. The molecule has 114 valence electrons. The molecule has 1 heterocycles. The lowest BCUT2D eigenvalue weighted by Crippen LogP contribution is -2.36. The highest BCUT2D eigenvalue weighted by Gasteiger charge is 2.41. The van der Waals surface area contributed by atoms with Crippen molar-refractivity contribution >= 4 is 37.4 Å². The Kier molecular flexibility index (Phi) is 4.72. The van der Waals surface area contributed by atoms with E-state index < -0.39 is 0 Å². The van der Waals surface area contributed by atoms with Crippen molar-refractivity contribution in [1.82, 2.24) is 5.32 Å². The van der Waals surface area contributed by atoms with Crippen molar-refractivity contribution in [2.24, 2.45) is 5.41 Å². The van der Waals surface area contributed by atoms with Crippen LogP contribution in [0.2, 0.25) is 0 Å². The molecule has 3 rings (SSSR count). The molecular formula is C18H24BrNS. The Morgan fingerprint density at radius 2 is 2.05 bits per heavy atom. The van der Waals surface area contributed by atoms with Crippen LogP contribution in [-0.4, -0.2) is 6.54 Å². The zero-order valence-corrected chi connectivity index (χ0v) is 15.3. The fourth-order valence-electron chi connectivity index (χ4n) is 4.05. The summed E-state index contributed by atoms with van der Waals surface area (Å²) in [6.07, 6.45) is 6.79. The van der Waals surface area contributed by atoms with Crippen molar-refractivity contribution in [1.29, 1.82) is 0 Å². The second-order valence-corrected chi connectivity index (χ2v) is 7.96. The topological polar surface area (TPSA) is 12.0 Å². The predicted molar refractivity (Wildman–Crippen MR) is 97.1 cm³/mol. The minimum atomic E-state index is 0.451. The van der Waals surface area contributed by atoms with E-state index in [0.717, 1.165) is 6.54 Å². The van der Waals surface area contributed by atoms with Crippen LogP contribution in [0.25, 0.3) is 10.1 Å². The van der Waals surface area contributed by atoms with E-state index in [4.69, 9.17) is 0 Å². The number of thiophene rings is 1. The van der Waals surface area contributed by atoms with Crippen LogP contribution in [0.3, 0.4) is 0 Å². The van der Waals surface area contributed by atoms with Crippen molar-refractivity contribution in [3.8, 4) is 0 Å². The van der Waals surface area contributed by atoms with Crippen molar-refractivity contribution in [3.63, 3.8) is 0 Å². The fraction of sp³-hybridized carbons (Fsp3) is 0.556. The molecule has 0 bridgehead atoms. The van der Waals surface area contributed by atoms with E-state index in [9.17, 15) is 0 Å². The molecule has 0 spiro atoms. The maximum absolute atomic E-state index is 3.82. The Morgan fingerprint density at radius 1 is 1.29 bits per heavy atom. The summed E-state index contributed by atoms with van der Waals surface area (Å²) in [4.78, 5) is 0. The first-order chi connectivity index (χ1) is 10.2. The van der Waals surface area contributed by atoms with Crippen LogP contribution in [0.15, 0.2) is 28.1 Å². The van der Waals surface area contributed by atoms with Gasteiger partial charge in [-0.2, -0.15) is 0 Å². The average molecular weight is 366 g/mol. The van der Waals surface area contributed by atoms with Crippen LogP contribution in [0, 0.1) is 5.41 Å². The van der Waals surface area contributed by atoms with Crippen LogP contribution in [-0.2, 0) is 0 Å². The first kappa shape index (κ1) is 15.5. The zero-order chi connectivity index (χ0) is 14.9. The standard InChI is InChI=1S/C18H24BrNS/c1-3-18(10-5-6-11-18)17(20-4-2)14-12-21-16-13(14)8-7-9-15(16)19/h7-9,12,17,20H,3-6,10-11H2,1-2H3. The van der Waals surface area contributed by atoms with Crippen LogP contribution >= 0.6 is 27.3 Å². The Bertz CT molecular complexity index is 613. The van der Waals surface area contributed by atoms with E-state index in [1.54, 1.807) is 0 Å². The fourth-order valence-corrected chi connectivity index (χ4v) is 5.70. The summed E-state index contributed by atoms with van der Waals surface area (Å²) in [5.41, 5.74) is 1.97. The molecule has 1 atom stereocenters. The second kappa shape index (κ2) is 6.39. The Balaban J connectivity index is 2.09. The highest BCUT2D eigenvalue weighted by molar-refractivity contribution is 9.10. The summed E-state index contributed by atoms with van der Waals surface area (Å²) >= 11 is 5.58. The van der Waals surface area contributed by atoms with Gasteiger partial charge in [0.25, 0.3) is 0 Å². The van der Waals surface area contributed by atoms with Gasteiger partial charge in [-0.25, -0.2) is 0 Å². The monoisotopic (exact) mass is 365 g/mol. The van der Waals surface area contributed by atoms with E-state index in [-0.39, 0.29) is 0 Å². The summed E-state index contributed by atoms with van der Waals surface area (Å²) in [6.45, 7) is 5.65. The third-order valence-corrected chi connectivity index (χ3v) is 7.19. The molecule has 0 radical (unpaired) electrons. The van der Waals surface area contributed by atoms with Gasteiger partial charge in [-0.1, -0.05) is 38.8 Å². The summed E-state index contributed by atoms with van der Waals surface area (Å²) < 4.78 is 2.61. The maximum atomic E-state index is 3.82. The quantitative estimate of drug-likeness (QED) is 0.656. The van der Waals surface area contributed by atoms with Gasteiger partial charge in [0.15, 0.2) is 0 Å². The van der Waals surface area contributed by atoms with Gasteiger partial charge in [0.2, 0.25) is 0 Å². The summed E-state index contributed by atoms with van der Waals surface area (Å²) in [6, 6.07) is 7.10. The van der Waals surface area contributed by atoms with Crippen molar-refractivity contribution in [2.45, 2.75) is 52.0 Å². The number of hydrogen-bond donors (Lipinski definition) is 1. The number of benzene rings is 1. The van der Waals surface area contributed by atoms with Crippen LogP contribution in [0.1, 0.15) is 57.6 Å². The molecule has 1 aromatic heterocycles. The van der Waals surface area contributed by atoms with Crippen molar-refractivity contribution in [3.05, 3.63) is 33.6 Å². The SMILES string of the molecule is CCNC(c1csc2c(Br)cccc12)C1(CC)CCCC1. The van der Waals surface area contributed by atoms with E-state index in [1.807, 2.05) is 11.3 Å². The zero-order valence-electron chi connectivity index (χ0n) is 12.9. The molecule has 1 unspecified atom stereocenters. The number of halogens is 1. The lowest BCUT2D eigenvalue weighted by atomic mass is 9.73. The lowest BCUT2D eigenvalue weighted by molar-refractivity contribution is 0.190.